The first-order valence-corrected chi connectivity index (χ1v) is 7.40. The van der Waals surface area contributed by atoms with Gasteiger partial charge in [-0.2, -0.15) is 5.26 Å². The van der Waals surface area contributed by atoms with Gasteiger partial charge in [-0.05, 0) is 25.9 Å². The van der Waals surface area contributed by atoms with Crippen LogP contribution in [0.5, 0.6) is 0 Å². The van der Waals surface area contributed by atoms with Crippen LogP contribution in [-0.2, 0) is 10.0 Å². The van der Waals surface area contributed by atoms with Crippen LogP contribution >= 0.6 is 0 Å². The summed E-state index contributed by atoms with van der Waals surface area (Å²) in [5.41, 5.74) is 0. The number of sulfonamides is 1. The molecule has 0 fully saturated rings. The fraction of sp³-hybridized carbons (Fsp3) is 0.900. The lowest BCUT2D eigenvalue weighted by atomic mass is 10.3. The summed E-state index contributed by atoms with van der Waals surface area (Å²) >= 11 is 0. The zero-order chi connectivity index (χ0) is 12.4. The maximum atomic E-state index is 11.2. The third-order valence-electron chi connectivity index (χ3n) is 2.22. The fourth-order valence-corrected chi connectivity index (χ4v) is 2.29. The van der Waals surface area contributed by atoms with Gasteiger partial charge in [0, 0.05) is 19.5 Å². The lowest BCUT2D eigenvalue weighted by Gasteiger charge is -2.17. The van der Waals surface area contributed by atoms with Crippen LogP contribution in [-0.4, -0.2) is 45.2 Å². The van der Waals surface area contributed by atoms with Gasteiger partial charge in [-0.3, -0.25) is 0 Å². The average Bonchev–Trinajstić information content (AvgIpc) is 2.20. The molecule has 0 aromatic carbocycles. The standard InChI is InChI=1S/C10H21N3O2S/c1-3-13(16(2,14)15)10-6-9-12-8-5-4-7-11/h12H,3-6,8-10H2,1-2H3. The van der Waals surface area contributed by atoms with Crippen molar-refractivity contribution in [3.63, 3.8) is 0 Å². The summed E-state index contributed by atoms with van der Waals surface area (Å²) in [6.07, 6.45) is 3.45. The lowest BCUT2D eigenvalue weighted by Crippen LogP contribution is -2.32. The molecule has 0 aromatic rings. The van der Waals surface area contributed by atoms with Crippen LogP contribution in [0.2, 0.25) is 0 Å². The highest BCUT2D eigenvalue weighted by atomic mass is 32.2. The Labute approximate surface area is 98.5 Å². The molecule has 1 N–H and O–H groups in total. The van der Waals surface area contributed by atoms with Crippen molar-refractivity contribution in [3.8, 4) is 6.07 Å². The monoisotopic (exact) mass is 247 g/mol. The van der Waals surface area contributed by atoms with Crippen LogP contribution in [0.25, 0.3) is 0 Å². The predicted molar refractivity (Wildman–Crippen MR) is 64.4 cm³/mol. The Bertz CT molecular complexity index is 309. The molecule has 0 amide bonds. The van der Waals surface area contributed by atoms with Crippen molar-refractivity contribution < 1.29 is 8.42 Å². The van der Waals surface area contributed by atoms with E-state index in [1.54, 1.807) is 0 Å². The molecule has 0 aromatic heterocycles. The molecule has 0 saturated carbocycles. The molecular formula is C10H21N3O2S. The second kappa shape index (κ2) is 8.50. The fourth-order valence-electron chi connectivity index (χ4n) is 1.36. The Morgan fingerprint density at radius 2 is 1.94 bits per heavy atom. The lowest BCUT2D eigenvalue weighted by molar-refractivity contribution is 0.419. The molecule has 5 nitrogen and oxygen atoms in total. The maximum Gasteiger partial charge on any atom is 0.211 e. The minimum Gasteiger partial charge on any atom is -0.317 e. The molecule has 0 aliphatic rings. The molecule has 0 bridgehead atoms. The molecule has 94 valence electrons. The second-order valence-corrected chi connectivity index (χ2v) is 5.60. The van der Waals surface area contributed by atoms with E-state index in [0.29, 0.717) is 19.5 Å². The van der Waals surface area contributed by atoms with Gasteiger partial charge in [0.2, 0.25) is 10.0 Å². The Morgan fingerprint density at radius 1 is 1.31 bits per heavy atom. The van der Waals surface area contributed by atoms with Gasteiger partial charge < -0.3 is 5.32 Å². The Morgan fingerprint density at radius 3 is 2.44 bits per heavy atom. The van der Waals surface area contributed by atoms with Crippen LogP contribution in [0, 0.1) is 11.3 Å². The van der Waals surface area contributed by atoms with Gasteiger partial charge in [-0.15, -0.1) is 0 Å². The van der Waals surface area contributed by atoms with E-state index >= 15 is 0 Å². The van der Waals surface area contributed by atoms with Gasteiger partial charge in [-0.25, -0.2) is 12.7 Å². The molecule has 0 aliphatic carbocycles. The molecule has 0 radical (unpaired) electrons. The van der Waals surface area contributed by atoms with Gasteiger partial charge in [0.15, 0.2) is 0 Å². The molecule has 0 aliphatic heterocycles. The third-order valence-corrected chi connectivity index (χ3v) is 3.60. The zero-order valence-corrected chi connectivity index (χ0v) is 10.9. The highest BCUT2D eigenvalue weighted by Gasteiger charge is 2.12. The number of hydrogen-bond donors (Lipinski definition) is 1. The first-order valence-electron chi connectivity index (χ1n) is 5.55. The van der Waals surface area contributed by atoms with Crippen molar-refractivity contribution in [3.05, 3.63) is 0 Å². The van der Waals surface area contributed by atoms with Crippen molar-refractivity contribution in [2.24, 2.45) is 0 Å². The van der Waals surface area contributed by atoms with Crippen molar-refractivity contribution >= 4 is 10.0 Å². The largest absolute Gasteiger partial charge is 0.317 e. The summed E-state index contributed by atoms with van der Waals surface area (Å²) in [6.45, 7) is 4.52. The van der Waals surface area contributed by atoms with Crippen LogP contribution in [0.4, 0.5) is 0 Å². The second-order valence-electron chi connectivity index (χ2n) is 3.62. The van der Waals surface area contributed by atoms with E-state index in [-0.39, 0.29) is 0 Å². The minimum atomic E-state index is -3.05. The number of nitriles is 1. The van der Waals surface area contributed by atoms with Crippen LogP contribution < -0.4 is 5.32 Å². The molecule has 0 atom stereocenters. The number of hydrogen-bond acceptors (Lipinski definition) is 4. The normalized spacial score (nSPS) is 11.6. The van der Waals surface area contributed by atoms with Crippen LogP contribution in [0.1, 0.15) is 26.2 Å². The van der Waals surface area contributed by atoms with Crippen molar-refractivity contribution in [1.82, 2.24) is 9.62 Å². The molecule has 0 spiro atoms. The van der Waals surface area contributed by atoms with E-state index in [1.807, 2.05) is 6.92 Å². The van der Waals surface area contributed by atoms with E-state index in [0.717, 1.165) is 25.9 Å². The Kier molecular flexibility index (Phi) is 8.16. The van der Waals surface area contributed by atoms with Gasteiger partial charge in [0.05, 0.1) is 12.3 Å². The number of nitrogens with one attached hydrogen (secondary N) is 1. The van der Waals surface area contributed by atoms with E-state index in [4.69, 9.17) is 5.26 Å². The topological polar surface area (TPSA) is 73.2 Å². The van der Waals surface area contributed by atoms with E-state index in [9.17, 15) is 8.42 Å². The summed E-state index contributed by atoms with van der Waals surface area (Å²) in [5.74, 6) is 0. The first kappa shape index (κ1) is 15.4. The highest BCUT2D eigenvalue weighted by Crippen LogP contribution is 1.98. The average molecular weight is 247 g/mol. The highest BCUT2D eigenvalue weighted by molar-refractivity contribution is 7.88. The summed E-state index contributed by atoms with van der Waals surface area (Å²) in [4.78, 5) is 0. The first-order chi connectivity index (χ1) is 7.52. The summed E-state index contributed by atoms with van der Waals surface area (Å²) in [5, 5.41) is 11.5. The van der Waals surface area contributed by atoms with E-state index in [1.165, 1.54) is 10.6 Å². The van der Waals surface area contributed by atoms with Gasteiger partial charge >= 0.3 is 0 Å². The Balaban J connectivity index is 3.54. The quantitative estimate of drug-likeness (QED) is 0.604. The maximum absolute atomic E-state index is 11.2. The van der Waals surface area contributed by atoms with E-state index in [2.05, 4.69) is 11.4 Å². The summed E-state index contributed by atoms with van der Waals surface area (Å²) in [7, 11) is -3.05. The molecule has 0 heterocycles. The minimum absolute atomic E-state index is 0.521. The smallest absolute Gasteiger partial charge is 0.211 e. The molecule has 0 saturated heterocycles. The van der Waals surface area contributed by atoms with Crippen molar-refractivity contribution in [2.75, 3.05) is 32.4 Å². The van der Waals surface area contributed by atoms with E-state index < -0.39 is 10.0 Å². The number of nitrogens with zero attached hydrogens (tertiary/aromatic N) is 2. The molecule has 16 heavy (non-hydrogen) atoms. The van der Waals surface area contributed by atoms with Crippen molar-refractivity contribution in [2.45, 2.75) is 26.2 Å². The third kappa shape index (κ3) is 7.63. The summed E-state index contributed by atoms with van der Waals surface area (Å²) in [6, 6.07) is 2.08. The predicted octanol–water partition coefficient (Wildman–Crippen LogP) is 0.551. The molecule has 0 unspecified atom stereocenters. The van der Waals surface area contributed by atoms with Crippen molar-refractivity contribution in [1.29, 1.82) is 5.26 Å². The molecule has 6 heteroatoms. The molecule has 0 rings (SSSR count). The summed E-state index contributed by atoms with van der Waals surface area (Å²) < 4.78 is 23.9. The van der Waals surface area contributed by atoms with Crippen LogP contribution in [0.3, 0.4) is 0 Å². The zero-order valence-electron chi connectivity index (χ0n) is 10.1. The van der Waals surface area contributed by atoms with Crippen LogP contribution in [0.15, 0.2) is 0 Å². The number of unbranched alkanes of at least 4 members (excludes halogenated alkanes) is 1. The Hall–Kier alpha value is -0.640. The van der Waals surface area contributed by atoms with Gasteiger partial charge in [0.25, 0.3) is 0 Å². The van der Waals surface area contributed by atoms with Gasteiger partial charge in [-0.1, -0.05) is 6.92 Å². The SMILES string of the molecule is CCN(CCCNCCCC#N)S(C)(=O)=O. The number of rotatable bonds is 9. The van der Waals surface area contributed by atoms with Gasteiger partial charge in [0.1, 0.15) is 0 Å². The molecular weight excluding hydrogens is 226 g/mol.